The lowest BCUT2D eigenvalue weighted by molar-refractivity contribution is -0.139. The number of imide groups is 1. The molecule has 2 aromatic rings. The largest absolute Gasteiger partial charge is 0.490 e. The van der Waals surface area contributed by atoms with Crippen molar-refractivity contribution in [2.24, 2.45) is 0 Å². The van der Waals surface area contributed by atoms with E-state index in [0.717, 1.165) is 17.0 Å². The minimum Gasteiger partial charge on any atom is -0.490 e. The van der Waals surface area contributed by atoms with Crippen molar-refractivity contribution in [3.8, 4) is 17.0 Å². The molecule has 26 heavy (non-hydrogen) atoms. The van der Waals surface area contributed by atoms with Crippen LogP contribution >= 0.6 is 0 Å². The first-order chi connectivity index (χ1) is 12.3. The van der Waals surface area contributed by atoms with Gasteiger partial charge in [-0.2, -0.15) is 13.2 Å². The number of hydrogen-bond donors (Lipinski definition) is 0. The molecule has 8 heteroatoms. The van der Waals surface area contributed by atoms with E-state index in [2.05, 4.69) is 4.98 Å². The van der Waals surface area contributed by atoms with Crippen LogP contribution in [0.25, 0.3) is 11.3 Å². The van der Waals surface area contributed by atoms with Gasteiger partial charge in [-0.15, -0.1) is 0 Å². The lowest BCUT2D eigenvalue weighted by Crippen LogP contribution is -2.33. The first kappa shape index (κ1) is 17.9. The van der Waals surface area contributed by atoms with E-state index in [4.69, 9.17) is 4.74 Å². The Morgan fingerprint density at radius 2 is 1.81 bits per heavy atom. The molecule has 2 heterocycles. The predicted octanol–water partition coefficient (Wildman–Crippen LogP) is 3.30. The van der Waals surface area contributed by atoms with Crippen LogP contribution in [0, 0.1) is 0 Å². The molecule has 136 valence electrons. The zero-order valence-electron chi connectivity index (χ0n) is 13.6. The Hall–Kier alpha value is -2.90. The number of benzene rings is 1. The summed E-state index contributed by atoms with van der Waals surface area (Å²) in [5, 5.41) is 0. The predicted molar refractivity (Wildman–Crippen MR) is 86.1 cm³/mol. The molecule has 0 unspecified atom stereocenters. The average molecular weight is 364 g/mol. The molecule has 1 aromatic heterocycles. The summed E-state index contributed by atoms with van der Waals surface area (Å²) in [5.74, 6) is -0.0203. The van der Waals surface area contributed by atoms with Crippen LogP contribution in [-0.4, -0.2) is 34.8 Å². The Labute approximate surface area is 147 Å². The number of alkyl halides is 3. The molecule has 0 saturated carbocycles. The number of rotatable bonds is 5. The smallest absolute Gasteiger partial charge is 0.416 e. The highest BCUT2D eigenvalue weighted by Gasteiger charge is 2.30. The molecule has 0 N–H and O–H groups in total. The monoisotopic (exact) mass is 364 g/mol. The highest BCUT2D eigenvalue weighted by Crippen LogP contribution is 2.31. The van der Waals surface area contributed by atoms with E-state index < -0.39 is 11.7 Å². The molecule has 0 bridgehead atoms. The van der Waals surface area contributed by atoms with Gasteiger partial charge in [0.05, 0.1) is 24.0 Å². The Kier molecular flexibility index (Phi) is 4.92. The third-order valence-corrected chi connectivity index (χ3v) is 3.96. The molecule has 0 radical (unpaired) electrons. The number of carbonyl (C=O) groups excluding carboxylic acids is 2. The van der Waals surface area contributed by atoms with Crippen LogP contribution in [0.5, 0.6) is 5.75 Å². The summed E-state index contributed by atoms with van der Waals surface area (Å²) in [5.41, 5.74) is -0.00921. The molecule has 0 spiro atoms. The quantitative estimate of drug-likeness (QED) is 0.764. The number of carbonyl (C=O) groups is 2. The molecule has 1 saturated heterocycles. The van der Waals surface area contributed by atoms with Crippen LogP contribution in [0.2, 0.25) is 0 Å². The zero-order valence-corrected chi connectivity index (χ0v) is 13.6. The maximum absolute atomic E-state index is 12.8. The summed E-state index contributed by atoms with van der Waals surface area (Å²) >= 11 is 0. The van der Waals surface area contributed by atoms with Crippen LogP contribution in [-0.2, 0) is 15.8 Å². The lowest BCUT2D eigenvalue weighted by atomic mass is 10.1. The molecule has 1 aliphatic heterocycles. The van der Waals surface area contributed by atoms with Gasteiger partial charge >= 0.3 is 6.18 Å². The molecule has 2 amide bonds. The van der Waals surface area contributed by atoms with E-state index in [-0.39, 0.29) is 37.8 Å². The number of aromatic nitrogens is 1. The maximum atomic E-state index is 12.8. The van der Waals surface area contributed by atoms with Gasteiger partial charge < -0.3 is 4.74 Å². The standard InChI is InChI=1S/C18H15F3N2O3/c19-18(20,21)13-3-1-2-12(10-13)15-5-4-14(11-22-15)26-9-8-23-16(24)6-7-17(23)25/h1-5,10-11H,6-9H2. The third-order valence-electron chi connectivity index (χ3n) is 3.96. The molecule has 1 aliphatic rings. The number of likely N-dealkylation sites (tertiary alicyclic amines) is 1. The summed E-state index contributed by atoms with van der Waals surface area (Å²) < 4.78 is 43.8. The third kappa shape index (κ3) is 4.01. The summed E-state index contributed by atoms with van der Waals surface area (Å²) in [4.78, 5) is 28.2. The first-order valence-corrected chi connectivity index (χ1v) is 7.94. The van der Waals surface area contributed by atoms with Gasteiger partial charge in [-0.25, -0.2) is 0 Å². The van der Waals surface area contributed by atoms with Crippen molar-refractivity contribution in [1.29, 1.82) is 0 Å². The number of pyridine rings is 1. The van der Waals surface area contributed by atoms with E-state index in [1.165, 1.54) is 12.3 Å². The fourth-order valence-corrected chi connectivity index (χ4v) is 2.62. The Balaban J connectivity index is 1.62. The number of hydrogen-bond acceptors (Lipinski definition) is 4. The van der Waals surface area contributed by atoms with Gasteiger partial charge in [0.2, 0.25) is 11.8 Å². The average Bonchev–Trinajstić information content (AvgIpc) is 2.94. The molecule has 1 aromatic carbocycles. The van der Waals surface area contributed by atoms with Crippen LogP contribution in [0.4, 0.5) is 13.2 Å². The van der Waals surface area contributed by atoms with Crippen molar-refractivity contribution in [1.82, 2.24) is 9.88 Å². The molecule has 0 aliphatic carbocycles. The molecular weight excluding hydrogens is 349 g/mol. The van der Waals surface area contributed by atoms with E-state index in [1.54, 1.807) is 18.2 Å². The Morgan fingerprint density at radius 1 is 1.08 bits per heavy atom. The van der Waals surface area contributed by atoms with Crippen molar-refractivity contribution in [2.75, 3.05) is 13.2 Å². The second-order valence-corrected chi connectivity index (χ2v) is 5.75. The lowest BCUT2D eigenvalue weighted by Gasteiger charge is -2.14. The second-order valence-electron chi connectivity index (χ2n) is 5.75. The Bertz CT molecular complexity index is 803. The maximum Gasteiger partial charge on any atom is 0.416 e. The van der Waals surface area contributed by atoms with E-state index >= 15 is 0 Å². The van der Waals surface area contributed by atoms with Crippen LogP contribution in [0.15, 0.2) is 42.6 Å². The fraction of sp³-hybridized carbons (Fsp3) is 0.278. The number of halogens is 3. The number of nitrogens with zero attached hydrogens (tertiary/aromatic N) is 2. The summed E-state index contributed by atoms with van der Waals surface area (Å²) in [6.45, 7) is 0.287. The molecule has 3 rings (SSSR count). The topological polar surface area (TPSA) is 59.5 Å². The van der Waals surface area contributed by atoms with Gasteiger partial charge in [0.15, 0.2) is 0 Å². The number of amides is 2. The van der Waals surface area contributed by atoms with E-state index in [1.807, 2.05) is 0 Å². The molecule has 1 fully saturated rings. The summed E-state index contributed by atoms with van der Waals surface area (Å²) in [6.07, 6.45) is -2.56. The summed E-state index contributed by atoms with van der Waals surface area (Å²) in [7, 11) is 0. The van der Waals surface area contributed by atoms with Crippen molar-refractivity contribution >= 4 is 11.8 Å². The van der Waals surface area contributed by atoms with Gasteiger partial charge in [0.1, 0.15) is 12.4 Å². The van der Waals surface area contributed by atoms with Crippen molar-refractivity contribution < 1.29 is 27.5 Å². The van der Waals surface area contributed by atoms with Gasteiger partial charge in [-0.3, -0.25) is 19.5 Å². The normalized spacial score (nSPS) is 14.8. The highest BCUT2D eigenvalue weighted by molar-refractivity contribution is 6.01. The van der Waals surface area contributed by atoms with Gasteiger partial charge in [0.25, 0.3) is 0 Å². The van der Waals surface area contributed by atoms with Crippen molar-refractivity contribution in [2.45, 2.75) is 19.0 Å². The van der Waals surface area contributed by atoms with Gasteiger partial charge in [0, 0.05) is 18.4 Å². The molecular formula is C18H15F3N2O3. The summed E-state index contributed by atoms with van der Waals surface area (Å²) in [6, 6.07) is 8.04. The van der Waals surface area contributed by atoms with Gasteiger partial charge in [-0.1, -0.05) is 12.1 Å². The molecule has 0 atom stereocenters. The molecule has 5 nitrogen and oxygen atoms in total. The van der Waals surface area contributed by atoms with Crippen LogP contribution in [0.1, 0.15) is 18.4 Å². The highest BCUT2D eigenvalue weighted by atomic mass is 19.4. The van der Waals surface area contributed by atoms with Crippen LogP contribution in [0.3, 0.4) is 0 Å². The number of ether oxygens (including phenoxy) is 1. The van der Waals surface area contributed by atoms with Gasteiger partial charge in [-0.05, 0) is 24.3 Å². The van der Waals surface area contributed by atoms with Crippen LogP contribution < -0.4 is 4.74 Å². The Morgan fingerprint density at radius 3 is 2.42 bits per heavy atom. The first-order valence-electron chi connectivity index (χ1n) is 7.94. The minimum atomic E-state index is -4.41. The van der Waals surface area contributed by atoms with Crippen molar-refractivity contribution in [3.63, 3.8) is 0 Å². The second kappa shape index (κ2) is 7.15. The van der Waals surface area contributed by atoms with Crippen molar-refractivity contribution in [3.05, 3.63) is 48.2 Å². The SMILES string of the molecule is O=C1CCC(=O)N1CCOc1ccc(-c2cccc(C(F)(F)F)c2)nc1. The zero-order chi connectivity index (χ0) is 18.7. The minimum absolute atomic E-state index is 0.127. The fourth-order valence-electron chi connectivity index (χ4n) is 2.62. The van der Waals surface area contributed by atoms with E-state index in [0.29, 0.717) is 17.0 Å². The van der Waals surface area contributed by atoms with E-state index in [9.17, 15) is 22.8 Å².